The van der Waals surface area contributed by atoms with Gasteiger partial charge in [0.05, 0.1) is 5.56 Å². The Morgan fingerprint density at radius 1 is 1.35 bits per heavy atom. The molecule has 0 spiro atoms. The Balaban J connectivity index is 2.58. The maximum absolute atomic E-state index is 11.7. The van der Waals surface area contributed by atoms with Crippen molar-refractivity contribution in [2.45, 2.75) is 19.6 Å². The zero-order chi connectivity index (χ0) is 12.5. The topological polar surface area (TPSA) is 58.6 Å². The van der Waals surface area contributed by atoms with E-state index in [1.165, 1.54) is 6.33 Å². The summed E-state index contributed by atoms with van der Waals surface area (Å²) in [5.74, 6) is 2.96. The minimum atomic E-state index is -1.48. The molecule has 0 aromatic carbocycles. The number of hydrogen-bond acceptors (Lipinski definition) is 3. The Kier molecular flexibility index (Phi) is 2.82. The van der Waals surface area contributed by atoms with E-state index in [1.807, 2.05) is 0 Å². The van der Waals surface area contributed by atoms with E-state index < -0.39 is 8.07 Å². The first-order valence-electron chi connectivity index (χ1n) is 5.32. The van der Waals surface area contributed by atoms with E-state index >= 15 is 0 Å². The molecule has 0 aliphatic rings. The zero-order valence-electron chi connectivity index (χ0n) is 10.0. The van der Waals surface area contributed by atoms with Crippen molar-refractivity contribution in [1.29, 1.82) is 0 Å². The van der Waals surface area contributed by atoms with Gasteiger partial charge in [0.15, 0.2) is 0 Å². The quantitative estimate of drug-likeness (QED) is 0.564. The van der Waals surface area contributed by atoms with E-state index in [9.17, 15) is 4.79 Å². The summed E-state index contributed by atoms with van der Waals surface area (Å²) >= 11 is 0. The number of nitrogens with one attached hydrogen (secondary N) is 1. The summed E-state index contributed by atoms with van der Waals surface area (Å²) in [5.41, 5.74) is 4.01. The minimum Gasteiger partial charge on any atom is -0.305 e. The Hall–Kier alpha value is -1.93. The monoisotopic (exact) mass is 243 g/mol. The molecule has 5 heteroatoms. The minimum absolute atomic E-state index is 0.193. The average molecular weight is 243 g/mol. The SMILES string of the molecule is C[Si](C)(C)C#Cc1cc2cncnc2[nH]c1=O. The van der Waals surface area contributed by atoms with E-state index in [2.05, 4.69) is 46.1 Å². The van der Waals surface area contributed by atoms with Gasteiger partial charge in [-0.15, -0.1) is 5.54 Å². The fourth-order valence-electron chi connectivity index (χ4n) is 1.29. The summed E-state index contributed by atoms with van der Waals surface area (Å²) in [6, 6.07) is 1.74. The lowest BCUT2D eigenvalue weighted by atomic mass is 10.2. The van der Waals surface area contributed by atoms with Crippen molar-refractivity contribution < 1.29 is 0 Å². The van der Waals surface area contributed by atoms with E-state index in [4.69, 9.17) is 0 Å². The number of H-pyrrole nitrogens is 1. The molecule has 1 N–H and O–H groups in total. The summed E-state index contributed by atoms with van der Waals surface area (Å²) in [7, 11) is -1.48. The summed E-state index contributed by atoms with van der Waals surface area (Å²) < 4.78 is 0. The smallest absolute Gasteiger partial charge is 0.265 e. The predicted octanol–water partition coefficient (Wildman–Crippen LogP) is 1.55. The van der Waals surface area contributed by atoms with Crippen molar-refractivity contribution in [3.05, 3.63) is 34.5 Å². The number of hydrogen-bond donors (Lipinski definition) is 1. The third-order valence-corrected chi connectivity index (χ3v) is 2.96. The van der Waals surface area contributed by atoms with Crippen LogP contribution in [0.3, 0.4) is 0 Å². The van der Waals surface area contributed by atoms with Gasteiger partial charge in [0.1, 0.15) is 20.0 Å². The Morgan fingerprint density at radius 3 is 2.82 bits per heavy atom. The van der Waals surface area contributed by atoms with Crippen LogP contribution >= 0.6 is 0 Å². The Morgan fingerprint density at radius 2 is 2.12 bits per heavy atom. The van der Waals surface area contributed by atoms with Crippen molar-refractivity contribution in [3.63, 3.8) is 0 Å². The van der Waals surface area contributed by atoms with Gasteiger partial charge >= 0.3 is 0 Å². The summed E-state index contributed by atoms with van der Waals surface area (Å²) in [6.45, 7) is 6.41. The molecule has 0 aliphatic heterocycles. The Bertz CT molecular complexity index is 674. The lowest BCUT2D eigenvalue weighted by Crippen LogP contribution is -2.17. The highest BCUT2D eigenvalue weighted by Gasteiger charge is 2.08. The molecule has 0 radical (unpaired) electrons. The molecule has 0 fully saturated rings. The van der Waals surface area contributed by atoms with Crippen molar-refractivity contribution in [2.24, 2.45) is 0 Å². The second-order valence-corrected chi connectivity index (χ2v) is 9.59. The van der Waals surface area contributed by atoms with Crippen LogP contribution in [-0.4, -0.2) is 23.0 Å². The molecule has 17 heavy (non-hydrogen) atoms. The second kappa shape index (κ2) is 4.15. The Labute approximate surface area is 100 Å². The van der Waals surface area contributed by atoms with Crippen LogP contribution in [0.2, 0.25) is 19.6 Å². The third-order valence-electron chi connectivity index (χ3n) is 2.09. The average Bonchev–Trinajstić information content (AvgIpc) is 2.25. The van der Waals surface area contributed by atoms with Crippen LogP contribution in [-0.2, 0) is 0 Å². The van der Waals surface area contributed by atoms with Gasteiger partial charge in [-0.25, -0.2) is 9.97 Å². The maximum atomic E-state index is 11.7. The van der Waals surface area contributed by atoms with Crippen LogP contribution < -0.4 is 5.56 Å². The van der Waals surface area contributed by atoms with Gasteiger partial charge in [-0.1, -0.05) is 25.6 Å². The van der Waals surface area contributed by atoms with E-state index in [0.717, 1.165) is 5.39 Å². The normalized spacial score (nSPS) is 11.0. The van der Waals surface area contributed by atoms with Crippen molar-refractivity contribution in [3.8, 4) is 11.5 Å². The molecular formula is C12H13N3OSi. The lowest BCUT2D eigenvalue weighted by molar-refractivity contribution is 1.15. The van der Waals surface area contributed by atoms with Crippen LogP contribution in [0.1, 0.15) is 5.56 Å². The third kappa shape index (κ3) is 2.80. The van der Waals surface area contributed by atoms with Gasteiger partial charge in [-0.2, -0.15) is 0 Å². The fourth-order valence-corrected chi connectivity index (χ4v) is 1.80. The summed E-state index contributed by atoms with van der Waals surface area (Å²) in [5, 5.41) is 0.798. The number of aromatic nitrogens is 3. The summed E-state index contributed by atoms with van der Waals surface area (Å²) in [4.78, 5) is 22.4. The highest BCUT2D eigenvalue weighted by molar-refractivity contribution is 6.83. The molecule has 2 rings (SSSR count). The first kappa shape index (κ1) is 11.5. The van der Waals surface area contributed by atoms with Crippen LogP contribution in [0.4, 0.5) is 0 Å². The van der Waals surface area contributed by atoms with Crippen LogP contribution in [0.25, 0.3) is 11.0 Å². The maximum Gasteiger partial charge on any atom is 0.265 e. The number of pyridine rings is 1. The standard InChI is InChI=1S/C12H13N3OSi/c1-17(2,3)5-4-9-6-10-7-13-8-14-11(10)15-12(9)16/h6-8H,1-3H3,(H,13,14,15,16). The van der Waals surface area contributed by atoms with Gasteiger partial charge in [0, 0.05) is 11.6 Å². The second-order valence-electron chi connectivity index (χ2n) is 4.84. The number of aromatic amines is 1. The van der Waals surface area contributed by atoms with Gasteiger partial charge < -0.3 is 4.98 Å². The molecule has 0 atom stereocenters. The predicted molar refractivity (Wildman–Crippen MR) is 70.4 cm³/mol. The number of nitrogens with zero attached hydrogens (tertiary/aromatic N) is 2. The fraction of sp³-hybridized carbons (Fsp3) is 0.250. The molecule has 0 saturated carbocycles. The number of rotatable bonds is 0. The molecule has 0 saturated heterocycles. The van der Waals surface area contributed by atoms with Gasteiger partial charge in [0.2, 0.25) is 0 Å². The lowest BCUT2D eigenvalue weighted by Gasteiger charge is -2.03. The molecule has 2 aromatic heterocycles. The van der Waals surface area contributed by atoms with Crippen LogP contribution in [0, 0.1) is 11.5 Å². The van der Waals surface area contributed by atoms with Crippen LogP contribution in [0.15, 0.2) is 23.4 Å². The molecule has 0 amide bonds. The van der Waals surface area contributed by atoms with Gasteiger partial charge in [-0.05, 0) is 6.07 Å². The van der Waals surface area contributed by atoms with E-state index in [-0.39, 0.29) is 5.56 Å². The molecule has 4 nitrogen and oxygen atoms in total. The molecule has 2 heterocycles. The highest BCUT2D eigenvalue weighted by Crippen LogP contribution is 2.05. The van der Waals surface area contributed by atoms with Crippen LogP contribution in [0.5, 0.6) is 0 Å². The molecule has 0 unspecified atom stereocenters. The molecule has 0 bridgehead atoms. The molecule has 0 aliphatic carbocycles. The van der Waals surface area contributed by atoms with Gasteiger partial charge in [0.25, 0.3) is 5.56 Å². The first-order valence-corrected chi connectivity index (χ1v) is 8.82. The summed E-state index contributed by atoms with van der Waals surface area (Å²) in [6.07, 6.45) is 3.07. The molecule has 86 valence electrons. The van der Waals surface area contributed by atoms with Gasteiger partial charge in [-0.3, -0.25) is 4.79 Å². The van der Waals surface area contributed by atoms with Crippen molar-refractivity contribution in [2.75, 3.05) is 0 Å². The van der Waals surface area contributed by atoms with E-state index in [1.54, 1.807) is 12.3 Å². The molecule has 2 aromatic rings. The zero-order valence-corrected chi connectivity index (χ0v) is 11.0. The largest absolute Gasteiger partial charge is 0.305 e. The molecular weight excluding hydrogens is 230 g/mol. The van der Waals surface area contributed by atoms with E-state index in [0.29, 0.717) is 11.2 Å². The van der Waals surface area contributed by atoms with Crippen molar-refractivity contribution in [1.82, 2.24) is 15.0 Å². The number of fused-ring (bicyclic) bond motifs is 1. The first-order chi connectivity index (χ1) is 7.96. The highest BCUT2D eigenvalue weighted by atomic mass is 28.3. The van der Waals surface area contributed by atoms with Crippen molar-refractivity contribution >= 4 is 19.1 Å².